The smallest absolute Gasteiger partial charge is 0.181 e. The van der Waals surface area contributed by atoms with E-state index in [1.165, 1.54) is 0 Å². The lowest BCUT2D eigenvalue weighted by atomic mass is 9.96. The molecule has 0 saturated carbocycles. The second kappa shape index (κ2) is 7.07. The zero-order valence-electron chi connectivity index (χ0n) is 12.9. The first-order valence-electron chi connectivity index (χ1n) is 7.60. The zero-order chi connectivity index (χ0) is 16.2. The van der Waals surface area contributed by atoms with Crippen LogP contribution in [0.5, 0.6) is 0 Å². The van der Waals surface area contributed by atoms with Gasteiger partial charge in [0, 0.05) is 5.56 Å². The monoisotopic (exact) mass is 367 g/mol. The first kappa shape index (κ1) is 15.9. The van der Waals surface area contributed by atoms with E-state index in [-0.39, 0.29) is 16.7 Å². The highest BCUT2D eigenvalue weighted by atomic mass is 79.9. The van der Waals surface area contributed by atoms with Crippen molar-refractivity contribution in [2.45, 2.75) is 10.9 Å². The van der Waals surface area contributed by atoms with Crippen molar-refractivity contribution < 1.29 is 4.79 Å². The molecule has 0 heterocycles. The van der Waals surface area contributed by atoms with Gasteiger partial charge in [0.2, 0.25) is 0 Å². The maximum Gasteiger partial charge on any atom is 0.181 e. The number of benzene rings is 3. The number of likely N-dealkylation sites (N-methyl/N-ethyl adjacent to an activating group) is 1. The molecule has 2 unspecified atom stereocenters. The van der Waals surface area contributed by atoms with Crippen molar-refractivity contribution in [3.63, 3.8) is 0 Å². The Labute approximate surface area is 144 Å². The van der Waals surface area contributed by atoms with E-state index in [0.717, 1.165) is 21.9 Å². The van der Waals surface area contributed by atoms with Gasteiger partial charge in [0.15, 0.2) is 5.78 Å². The first-order chi connectivity index (χ1) is 11.2. The first-order valence-corrected chi connectivity index (χ1v) is 8.51. The molecular weight excluding hydrogens is 350 g/mol. The van der Waals surface area contributed by atoms with Gasteiger partial charge in [-0.15, -0.1) is 0 Å². The lowest BCUT2D eigenvalue weighted by Gasteiger charge is -2.21. The highest BCUT2D eigenvalue weighted by Gasteiger charge is 2.27. The largest absolute Gasteiger partial charge is 0.309 e. The number of nitrogens with one attached hydrogen (secondary N) is 1. The minimum Gasteiger partial charge on any atom is -0.309 e. The highest BCUT2D eigenvalue weighted by Crippen LogP contribution is 2.29. The maximum atomic E-state index is 12.9. The van der Waals surface area contributed by atoms with E-state index in [2.05, 4.69) is 27.3 Å². The number of alkyl halides is 1. The molecule has 0 aliphatic heterocycles. The number of hydrogen-bond acceptors (Lipinski definition) is 2. The summed E-state index contributed by atoms with van der Waals surface area (Å²) in [5.74, 6) is 0.0870. The van der Waals surface area contributed by atoms with Crippen LogP contribution in [0.15, 0.2) is 72.8 Å². The van der Waals surface area contributed by atoms with Crippen molar-refractivity contribution in [2.24, 2.45) is 0 Å². The Bertz CT molecular complexity index is 816. The molecular formula is C20H18BrNO. The number of carbonyl (C=O) groups is 1. The molecule has 3 aromatic carbocycles. The number of hydrogen-bond donors (Lipinski definition) is 1. The average Bonchev–Trinajstić information content (AvgIpc) is 2.62. The SMILES string of the molecule is CNC(C(=O)c1ccc2ccccc2c1)C(Br)c1ccccc1. The fraction of sp³-hybridized carbons (Fsp3) is 0.150. The molecule has 0 saturated heterocycles. The van der Waals surface area contributed by atoms with Crippen LogP contribution in [0.1, 0.15) is 20.7 Å². The minimum absolute atomic E-state index is 0.0762. The maximum absolute atomic E-state index is 12.9. The third-order valence-electron chi connectivity index (χ3n) is 4.04. The molecule has 0 aliphatic carbocycles. The fourth-order valence-corrected chi connectivity index (χ4v) is 3.57. The predicted molar refractivity (Wildman–Crippen MR) is 99.2 cm³/mol. The minimum atomic E-state index is -0.321. The Hall–Kier alpha value is -1.97. The molecule has 1 N–H and O–H groups in total. The highest BCUT2D eigenvalue weighted by molar-refractivity contribution is 9.09. The summed E-state index contributed by atoms with van der Waals surface area (Å²) in [5, 5.41) is 5.37. The molecule has 0 spiro atoms. The number of rotatable bonds is 5. The summed E-state index contributed by atoms with van der Waals surface area (Å²) in [6.07, 6.45) is 0. The third-order valence-corrected chi connectivity index (χ3v) is 5.10. The van der Waals surface area contributed by atoms with Crippen LogP contribution in [0.25, 0.3) is 10.8 Å². The molecule has 0 aliphatic rings. The van der Waals surface area contributed by atoms with Crippen molar-refractivity contribution in [3.8, 4) is 0 Å². The molecule has 3 heteroatoms. The second-order valence-corrected chi connectivity index (χ2v) is 6.49. The van der Waals surface area contributed by atoms with Gasteiger partial charge >= 0.3 is 0 Å². The van der Waals surface area contributed by atoms with Crippen LogP contribution < -0.4 is 5.32 Å². The number of halogens is 1. The zero-order valence-corrected chi connectivity index (χ0v) is 14.5. The van der Waals surface area contributed by atoms with Crippen molar-refractivity contribution in [3.05, 3.63) is 83.9 Å². The molecule has 0 fully saturated rings. The number of ketones is 1. The van der Waals surface area contributed by atoms with Gasteiger partial charge < -0.3 is 5.32 Å². The summed E-state index contributed by atoms with van der Waals surface area (Å²) in [6.45, 7) is 0. The Balaban J connectivity index is 1.92. The van der Waals surface area contributed by atoms with Gasteiger partial charge in [-0.2, -0.15) is 0 Å². The van der Waals surface area contributed by atoms with Crippen molar-refractivity contribution in [1.82, 2.24) is 5.32 Å². The normalized spacial score (nSPS) is 13.7. The summed E-state index contributed by atoms with van der Waals surface area (Å²) in [7, 11) is 1.82. The molecule has 116 valence electrons. The van der Waals surface area contributed by atoms with Crippen LogP contribution >= 0.6 is 15.9 Å². The molecule has 2 nitrogen and oxygen atoms in total. The van der Waals surface area contributed by atoms with Crippen LogP contribution in [-0.4, -0.2) is 18.9 Å². The van der Waals surface area contributed by atoms with E-state index in [1.807, 2.05) is 73.8 Å². The van der Waals surface area contributed by atoms with Crippen LogP contribution in [-0.2, 0) is 0 Å². The Morgan fingerprint density at radius 1 is 0.913 bits per heavy atom. The summed E-state index contributed by atoms with van der Waals surface area (Å²) in [5.41, 5.74) is 1.81. The van der Waals surface area contributed by atoms with E-state index < -0.39 is 0 Å². The van der Waals surface area contributed by atoms with Crippen LogP contribution in [0.4, 0.5) is 0 Å². The van der Waals surface area contributed by atoms with Crippen LogP contribution in [0.3, 0.4) is 0 Å². The number of Topliss-reactive ketones (excluding diaryl/α,β-unsaturated/α-hetero) is 1. The van der Waals surface area contributed by atoms with E-state index >= 15 is 0 Å². The second-order valence-electron chi connectivity index (χ2n) is 5.50. The predicted octanol–water partition coefficient (Wildman–Crippen LogP) is 4.75. The van der Waals surface area contributed by atoms with Gasteiger partial charge in [-0.25, -0.2) is 0 Å². The van der Waals surface area contributed by atoms with E-state index in [0.29, 0.717) is 0 Å². The quantitative estimate of drug-likeness (QED) is 0.520. The topological polar surface area (TPSA) is 29.1 Å². The van der Waals surface area contributed by atoms with Crippen molar-refractivity contribution in [1.29, 1.82) is 0 Å². The fourth-order valence-electron chi connectivity index (χ4n) is 2.76. The number of carbonyl (C=O) groups excluding carboxylic acids is 1. The molecule has 3 aromatic rings. The van der Waals surface area contributed by atoms with E-state index in [9.17, 15) is 4.79 Å². The average molecular weight is 368 g/mol. The van der Waals surface area contributed by atoms with E-state index in [4.69, 9.17) is 0 Å². The van der Waals surface area contributed by atoms with E-state index in [1.54, 1.807) is 0 Å². The van der Waals surface area contributed by atoms with Gasteiger partial charge in [0.05, 0.1) is 10.9 Å². The molecule has 0 aromatic heterocycles. The molecule has 23 heavy (non-hydrogen) atoms. The molecule has 0 radical (unpaired) electrons. The lowest BCUT2D eigenvalue weighted by molar-refractivity contribution is 0.0946. The van der Waals surface area contributed by atoms with Gasteiger partial charge in [-0.3, -0.25) is 4.79 Å². The molecule has 2 atom stereocenters. The standard InChI is InChI=1S/C20H18BrNO/c1-22-19(18(21)15-8-3-2-4-9-15)20(23)17-12-11-14-7-5-6-10-16(14)13-17/h2-13,18-19,22H,1H3. The van der Waals surface area contributed by atoms with Gasteiger partial charge in [0.25, 0.3) is 0 Å². The van der Waals surface area contributed by atoms with Gasteiger partial charge in [0.1, 0.15) is 0 Å². The van der Waals surface area contributed by atoms with Crippen LogP contribution in [0.2, 0.25) is 0 Å². The Morgan fingerprint density at radius 3 is 2.26 bits per heavy atom. The molecule has 3 rings (SSSR count). The Morgan fingerprint density at radius 2 is 1.57 bits per heavy atom. The molecule has 0 bridgehead atoms. The van der Waals surface area contributed by atoms with Gasteiger partial charge in [-0.1, -0.05) is 82.7 Å². The summed E-state index contributed by atoms with van der Waals surface area (Å²) in [6, 6.07) is 23.6. The Kier molecular flexibility index (Phi) is 4.89. The van der Waals surface area contributed by atoms with Crippen LogP contribution in [0, 0.1) is 0 Å². The summed E-state index contributed by atoms with van der Waals surface area (Å²) >= 11 is 3.68. The van der Waals surface area contributed by atoms with Crippen molar-refractivity contribution in [2.75, 3.05) is 7.05 Å². The summed E-state index contributed by atoms with van der Waals surface area (Å²) in [4.78, 5) is 12.9. The summed E-state index contributed by atoms with van der Waals surface area (Å²) < 4.78 is 0. The third kappa shape index (κ3) is 3.36. The van der Waals surface area contributed by atoms with Gasteiger partial charge in [-0.05, 0) is 29.4 Å². The molecule has 0 amide bonds. The number of fused-ring (bicyclic) bond motifs is 1. The lowest BCUT2D eigenvalue weighted by Crippen LogP contribution is -2.37. The van der Waals surface area contributed by atoms with Crippen molar-refractivity contribution >= 4 is 32.5 Å².